The van der Waals surface area contributed by atoms with Gasteiger partial charge in [0.2, 0.25) is 0 Å². The van der Waals surface area contributed by atoms with Crippen molar-refractivity contribution in [3.05, 3.63) is 91.0 Å². The normalized spacial score (nSPS) is 11.5. The average molecular weight is 426 g/mol. The molecule has 0 amide bonds. The van der Waals surface area contributed by atoms with Crippen LogP contribution in [-0.2, 0) is 22.4 Å². The molecule has 3 aromatic rings. The third kappa shape index (κ3) is 4.18. The second-order valence-electron chi connectivity index (χ2n) is 7.30. The molecule has 0 saturated heterocycles. The van der Waals surface area contributed by atoms with Gasteiger partial charge in [-0.3, -0.25) is 0 Å². The van der Waals surface area contributed by atoms with Gasteiger partial charge in [-0.05, 0) is 64.9 Å². The number of benzene rings is 3. The van der Waals surface area contributed by atoms with E-state index in [4.69, 9.17) is 14.2 Å². The summed E-state index contributed by atoms with van der Waals surface area (Å²) in [5, 5.41) is 0. The third-order valence-corrected chi connectivity index (χ3v) is 5.39. The predicted molar refractivity (Wildman–Crippen MR) is 123 cm³/mol. The monoisotopic (exact) mass is 426 g/mol. The number of carbonyl (C=O) groups excluding carboxylic acids is 2. The van der Waals surface area contributed by atoms with Crippen molar-refractivity contribution in [3.63, 3.8) is 0 Å². The molecule has 32 heavy (non-hydrogen) atoms. The Morgan fingerprint density at radius 1 is 0.750 bits per heavy atom. The van der Waals surface area contributed by atoms with Crippen molar-refractivity contribution >= 4 is 11.9 Å². The van der Waals surface area contributed by atoms with E-state index in [0.717, 1.165) is 52.8 Å². The van der Waals surface area contributed by atoms with Crippen molar-refractivity contribution in [3.8, 4) is 39.5 Å². The second kappa shape index (κ2) is 8.94. The van der Waals surface area contributed by atoms with Gasteiger partial charge in [-0.2, -0.15) is 0 Å². The summed E-state index contributed by atoms with van der Waals surface area (Å²) in [5.74, 6) is 0.551. The van der Waals surface area contributed by atoms with Crippen LogP contribution in [0.2, 0.25) is 0 Å². The number of fused-ring (bicyclic) bond motifs is 3. The van der Waals surface area contributed by atoms with E-state index in [0.29, 0.717) is 17.2 Å². The molecule has 0 atom stereocenters. The summed E-state index contributed by atoms with van der Waals surface area (Å²) in [6.07, 6.45) is 3.99. The van der Waals surface area contributed by atoms with E-state index in [1.54, 1.807) is 25.3 Å². The first-order valence-electron chi connectivity index (χ1n) is 10.2. The molecule has 0 fully saturated rings. The molecule has 1 aliphatic carbocycles. The Morgan fingerprint density at radius 2 is 1.28 bits per heavy atom. The number of methoxy groups -OCH3 is 1. The van der Waals surface area contributed by atoms with Crippen LogP contribution in [0.4, 0.5) is 0 Å². The summed E-state index contributed by atoms with van der Waals surface area (Å²) in [6, 6.07) is 17.3. The molecule has 0 aliphatic heterocycles. The fourth-order valence-corrected chi connectivity index (χ4v) is 3.89. The Labute approximate surface area is 186 Å². The van der Waals surface area contributed by atoms with Gasteiger partial charge in [-0.25, -0.2) is 9.59 Å². The van der Waals surface area contributed by atoms with Gasteiger partial charge in [0.05, 0.1) is 7.11 Å². The van der Waals surface area contributed by atoms with Gasteiger partial charge in [0.15, 0.2) is 0 Å². The van der Waals surface area contributed by atoms with Crippen molar-refractivity contribution in [2.24, 2.45) is 0 Å². The van der Waals surface area contributed by atoms with E-state index in [1.165, 1.54) is 5.56 Å². The molecule has 0 aromatic heterocycles. The molecular weight excluding hydrogens is 404 g/mol. The minimum absolute atomic E-state index is 0.398. The van der Waals surface area contributed by atoms with Crippen LogP contribution < -0.4 is 14.2 Å². The first-order valence-corrected chi connectivity index (χ1v) is 10.2. The zero-order valence-electron chi connectivity index (χ0n) is 17.7. The van der Waals surface area contributed by atoms with Crippen LogP contribution in [0.3, 0.4) is 0 Å². The molecule has 5 heteroatoms. The van der Waals surface area contributed by atoms with Crippen LogP contribution >= 0.6 is 0 Å². The molecule has 0 saturated carbocycles. The highest BCUT2D eigenvalue weighted by Gasteiger charge is 2.19. The molecule has 0 heterocycles. The summed E-state index contributed by atoms with van der Waals surface area (Å²) in [6.45, 7) is 6.84. The molecule has 4 rings (SSSR count). The Hall–Kier alpha value is -4.12. The van der Waals surface area contributed by atoms with E-state index in [-0.39, 0.29) is 0 Å². The maximum Gasteiger partial charge on any atom is 0.335 e. The smallest absolute Gasteiger partial charge is 0.335 e. The average Bonchev–Trinajstić information content (AvgIpc) is 2.83. The molecule has 5 nitrogen and oxygen atoms in total. The van der Waals surface area contributed by atoms with Crippen molar-refractivity contribution in [2.75, 3.05) is 7.11 Å². The van der Waals surface area contributed by atoms with E-state index in [1.807, 2.05) is 24.3 Å². The summed E-state index contributed by atoms with van der Waals surface area (Å²) >= 11 is 0. The number of aryl methyl sites for hydroxylation is 2. The van der Waals surface area contributed by atoms with Gasteiger partial charge in [-0.15, -0.1) is 0 Å². The molecular formula is C27H22O5. The van der Waals surface area contributed by atoms with Gasteiger partial charge in [0, 0.05) is 23.8 Å². The Bertz CT molecular complexity index is 1240. The quantitative estimate of drug-likeness (QED) is 0.304. The lowest BCUT2D eigenvalue weighted by Gasteiger charge is -2.22. The van der Waals surface area contributed by atoms with Crippen LogP contribution in [0.25, 0.3) is 22.3 Å². The van der Waals surface area contributed by atoms with E-state index in [2.05, 4.69) is 25.3 Å². The summed E-state index contributed by atoms with van der Waals surface area (Å²) in [5.41, 5.74) is 6.59. The topological polar surface area (TPSA) is 61.8 Å². The molecule has 160 valence electrons. The van der Waals surface area contributed by atoms with Crippen molar-refractivity contribution in [1.29, 1.82) is 0 Å². The van der Waals surface area contributed by atoms with Crippen molar-refractivity contribution in [1.82, 2.24) is 0 Å². The minimum atomic E-state index is -0.519. The first kappa shape index (κ1) is 21.1. The third-order valence-electron chi connectivity index (χ3n) is 5.39. The fourth-order valence-electron chi connectivity index (χ4n) is 3.89. The van der Waals surface area contributed by atoms with Crippen molar-refractivity contribution < 1.29 is 23.8 Å². The number of rotatable bonds is 6. The number of hydrogen-bond acceptors (Lipinski definition) is 5. The Kier molecular flexibility index (Phi) is 5.90. The molecule has 0 N–H and O–H groups in total. The van der Waals surface area contributed by atoms with Crippen molar-refractivity contribution in [2.45, 2.75) is 12.8 Å². The predicted octanol–water partition coefficient (Wildman–Crippen LogP) is 5.31. The van der Waals surface area contributed by atoms with Gasteiger partial charge in [-0.1, -0.05) is 37.4 Å². The Morgan fingerprint density at radius 3 is 1.88 bits per heavy atom. The number of carbonyl (C=O) groups is 2. The highest BCUT2D eigenvalue weighted by Crippen LogP contribution is 2.40. The highest BCUT2D eigenvalue weighted by atomic mass is 16.5. The number of esters is 2. The number of ether oxygens (including phenoxy) is 3. The van der Waals surface area contributed by atoms with Gasteiger partial charge in [0.25, 0.3) is 0 Å². The molecule has 0 unspecified atom stereocenters. The van der Waals surface area contributed by atoms with E-state index >= 15 is 0 Å². The minimum Gasteiger partial charge on any atom is -0.496 e. The number of hydrogen-bond donors (Lipinski definition) is 0. The van der Waals surface area contributed by atoms with Crippen LogP contribution in [0.15, 0.2) is 79.9 Å². The highest BCUT2D eigenvalue weighted by molar-refractivity contribution is 5.85. The lowest BCUT2D eigenvalue weighted by molar-refractivity contribution is -0.129. The maximum absolute atomic E-state index is 11.5. The lowest BCUT2D eigenvalue weighted by atomic mass is 9.84. The van der Waals surface area contributed by atoms with Crippen LogP contribution in [0.1, 0.15) is 11.1 Å². The van der Waals surface area contributed by atoms with E-state index < -0.39 is 11.9 Å². The summed E-state index contributed by atoms with van der Waals surface area (Å²) < 4.78 is 16.0. The lowest BCUT2D eigenvalue weighted by Crippen LogP contribution is -2.07. The molecule has 0 spiro atoms. The molecule has 0 radical (unpaired) electrons. The van der Waals surface area contributed by atoms with Gasteiger partial charge in [0.1, 0.15) is 17.2 Å². The zero-order chi connectivity index (χ0) is 22.7. The van der Waals surface area contributed by atoms with Gasteiger partial charge >= 0.3 is 11.9 Å². The van der Waals surface area contributed by atoms with Gasteiger partial charge < -0.3 is 14.2 Å². The summed E-state index contributed by atoms with van der Waals surface area (Å²) in [4.78, 5) is 23.0. The largest absolute Gasteiger partial charge is 0.496 e. The van der Waals surface area contributed by atoms with Crippen LogP contribution in [-0.4, -0.2) is 19.0 Å². The second-order valence-corrected chi connectivity index (χ2v) is 7.30. The zero-order valence-corrected chi connectivity index (χ0v) is 17.7. The SMILES string of the molecule is C=CC(=O)Oc1ccc2c(c1)CCc1cc(-c3ccc(OC(=O)C=C)cc3OC)ccc1-2. The standard InChI is InChI=1S/C27H22O5/c1-4-26(28)31-20-9-12-23-19(15-20)7-6-17-14-18(8-11-22(17)23)24-13-10-21(16-25(24)30-3)32-27(29)5-2/h4-5,8-16H,1-2,6-7H2,3H3. The Balaban J connectivity index is 1.66. The van der Waals surface area contributed by atoms with E-state index in [9.17, 15) is 9.59 Å². The van der Waals surface area contributed by atoms with Crippen LogP contribution in [0, 0.1) is 0 Å². The molecule has 3 aromatic carbocycles. The summed E-state index contributed by atoms with van der Waals surface area (Å²) in [7, 11) is 1.59. The molecule has 0 bridgehead atoms. The maximum atomic E-state index is 11.5. The first-order chi connectivity index (χ1) is 15.5. The van der Waals surface area contributed by atoms with Crippen LogP contribution in [0.5, 0.6) is 17.2 Å². The fraction of sp³-hybridized carbons (Fsp3) is 0.111. The molecule has 1 aliphatic rings.